The molecule has 11 aromatic rings. The molecule has 0 unspecified atom stereocenters. The van der Waals surface area contributed by atoms with Gasteiger partial charge in [-0.15, -0.1) is 0 Å². The molecule has 0 aliphatic heterocycles. The number of hydrogen-bond donors (Lipinski definition) is 1. The van der Waals surface area contributed by atoms with E-state index in [-0.39, 0.29) is 66.2 Å². The smallest absolute Gasteiger partial charge is 0.392 e. The van der Waals surface area contributed by atoms with Gasteiger partial charge >= 0.3 is 37.1 Å². The second-order valence-electron chi connectivity index (χ2n) is 20.8. The van der Waals surface area contributed by atoms with Crippen molar-refractivity contribution in [1.29, 1.82) is 5.26 Å². The predicted molar refractivity (Wildman–Crippen MR) is 352 cm³/mol. The number of nitriles is 1. The van der Waals surface area contributed by atoms with Crippen LogP contribution in [0.5, 0.6) is 0 Å². The lowest BCUT2D eigenvalue weighted by atomic mass is 9.95. The van der Waals surface area contributed by atoms with Crippen molar-refractivity contribution in [2.45, 2.75) is 49.0 Å². The van der Waals surface area contributed by atoms with Crippen molar-refractivity contribution in [3.63, 3.8) is 0 Å². The second-order valence-corrected chi connectivity index (χ2v) is 22.2. The first-order valence-corrected chi connectivity index (χ1v) is 30.9. The van der Waals surface area contributed by atoms with Gasteiger partial charge in [0, 0.05) is 15.4 Å². The normalized spacial score (nSPS) is 11.4. The number of carbonyl (C=O) groups excluding carboxylic acids is 1. The topological polar surface area (TPSA) is 61.1 Å². The van der Waals surface area contributed by atoms with Crippen molar-refractivity contribution >= 4 is 38.1 Å². The number of aliphatic hydroxyl groups is 1. The first-order valence-electron chi connectivity index (χ1n) is 29.0. The van der Waals surface area contributed by atoms with Crippen molar-refractivity contribution in [3.05, 3.63) is 333 Å². The van der Waals surface area contributed by atoms with Crippen molar-refractivity contribution in [1.82, 2.24) is 0 Å². The quantitative estimate of drug-likeness (QED) is 0.0937. The van der Waals surface area contributed by atoms with Gasteiger partial charge in [0.15, 0.2) is 6.29 Å². The van der Waals surface area contributed by atoms with Gasteiger partial charge in [-0.1, -0.05) is 268 Å². The van der Waals surface area contributed by atoms with Gasteiger partial charge in [-0.05, 0) is 91.0 Å². The number of halogens is 22. The summed E-state index contributed by atoms with van der Waals surface area (Å²) in [5.41, 5.74) is -3.60. The Morgan fingerprint density at radius 2 is 0.604 bits per heavy atom. The number of aldehydes is 1. The molecule has 0 heterocycles. The molecule has 25 heteroatoms. The summed E-state index contributed by atoms with van der Waals surface area (Å²) in [6.07, 6.45) is -27.0. The van der Waals surface area contributed by atoms with Crippen molar-refractivity contribution in [3.8, 4) is 61.7 Å². The monoisotopic (exact) mass is 1550 g/mol. The molecule has 0 fully saturated rings. The molecular formula is C76H49Br2F20NO2. The molecule has 11 rings (SSSR count). The number of hydrogen-bond acceptors (Lipinski definition) is 3. The maximum atomic E-state index is 13.3. The Kier molecular flexibility index (Phi) is 28.1. The number of aliphatic hydroxyl groups excluding tert-OH is 1. The Morgan fingerprint density at radius 3 is 0.911 bits per heavy atom. The highest BCUT2D eigenvalue weighted by molar-refractivity contribution is 9.10. The van der Waals surface area contributed by atoms with Gasteiger partial charge in [0.1, 0.15) is 17.2 Å². The third-order valence-corrected chi connectivity index (χ3v) is 15.4. The molecule has 11 aromatic carbocycles. The molecule has 0 bridgehead atoms. The van der Waals surface area contributed by atoms with Crippen LogP contribution in [0, 0.1) is 23.0 Å². The number of benzene rings is 11. The molecule has 0 aliphatic carbocycles. The molecule has 0 aromatic heterocycles. The fourth-order valence-electron chi connectivity index (χ4n) is 9.92. The van der Waals surface area contributed by atoms with Crippen LogP contribution in [0.4, 0.5) is 87.8 Å². The highest BCUT2D eigenvalue weighted by Crippen LogP contribution is 2.45. The minimum Gasteiger partial charge on any atom is -0.392 e. The van der Waals surface area contributed by atoms with Crippen molar-refractivity contribution < 1.29 is 97.7 Å². The Bertz CT molecular complexity index is 4400. The molecule has 524 valence electrons. The SMILES string of the molecule is FC(F)(F)c1c(CBr)cccc1-c1ccccc1.Fc1cccc(-c2ccccc2)c1C(F)(F)F.Fc1cccc(Br)c1C(F)(F)F.N#Cc1cccc(-c2ccccc2)c1C(F)(F)F.O=Cc1cccc(-c2ccccc2)c1C(F)(F)F.OCc1cccc(-c2ccccc2)c1C(F)(F)F. The zero-order valence-electron chi connectivity index (χ0n) is 51.4. The molecule has 3 nitrogen and oxygen atoms in total. The molecule has 101 heavy (non-hydrogen) atoms. The Hall–Kier alpha value is -9.90. The van der Waals surface area contributed by atoms with Gasteiger partial charge < -0.3 is 5.11 Å². The molecule has 0 saturated carbocycles. The zero-order chi connectivity index (χ0) is 74.5. The lowest BCUT2D eigenvalue weighted by Crippen LogP contribution is -2.11. The Labute approximate surface area is 581 Å². The van der Waals surface area contributed by atoms with E-state index in [2.05, 4.69) is 31.9 Å². The molecule has 0 amide bonds. The number of nitrogens with zero attached hydrogens (tertiary/aromatic N) is 1. The average Bonchev–Trinajstić information content (AvgIpc) is 0.818. The first-order chi connectivity index (χ1) is 47.6. The fourth-order valence-corrected chi connectivity index (χ4v) is 11.0. The summed E-state index contributed by atoms with van der Waals surface area (Å²) in [6.45, 7) is -0.629. The van der Waals surface area contributed by atoms with E-state index >= 15 is 0 Å². The van der Waals surface area contributed by atoms with Crippen molar-refractivity contribution in [2.24, 2.45) is 0 Å². The molecule has 0 aliphatic rings. The minimum atomic E-state index is -4.70. The van der Waals surface area contributed by atoms with Crippen LogP contribution < -0.4 is 0 Å². The van der Waals surface area contributed by atoms with Gasteiger partial charge in [0.05, 0.1) is 46.1 Å². The summed E-state index contributed by atoms with van der Waals surface area (Å²) in [5, 5.41) is 18.0. The van der Waals surface area contributed by atoms with E-state index in [0.29, 0.717) is 27.8 Å². The molecule has 0 spiro atoms. The molecule has 0 atom stereocenters. The molecule has 1 N–H and O–H groups in total. The molecular weight excluding hydrogens is 1500 g/mol. The summed E-state index contributed by atoms with van der Waals surface area (Å²) < 4.78 is 257. The largest absolute Gasteiger partial charge is 0.420 e. The second kappa shape index (κ2) is 35.4. The van der Waals surface area contributed by atoms with E-state index in [1.165, 1.54) is 97.1 Å². The third-order valence-electron chi connectivity index (χ3n) is 14.1. The fraction of sp³-hybridized carbons (Fsp3) is 0.105. The van der Waals surface area contributed by atoms with E-state index in [4.69, 9.17) is 10.4 Å². The van der Waals surface area contributed by atoms with Crippen LogP contribution in [-0.4, -0.2) is 11.4 Å². The number of rotatable bonds is 8. The van der Waals surface area contributed by atoms with E-state index in [1.807, 2.05) is 0 Å². The van der Waals surface area contributed by atoms with Crippen LogP contribution in [-0.2, 0) is 49.0 Å². The third kappa shape index (κ3) is 22.0. The van der Waals surface area contributed by atoms with Crippen LogP contribution in [0.1, 0.15) is 60.4 Å². The van der Waals surface area contributed by atoms with Crippen molar-refractivity contribution in [2.75, 3.05) is 0 Å². The van der Waals surface area contributed by atoms with Crippen LogP contribution in [0.15, 0.2) is 265 Å². The van der Waals surface area contributed by atoms with Gasteiger partial charge in [-0.25, -0.2) is 8.78 Å². The maximum Gasteiger partial charge on any atom is 0.420 e. The zero-order valence-corrected chi connectivity index (χ0v) is 54.6. The van der Waals surface area contributed by atoms with E-state index < -0.39 is 88.7 Å². The van der Waals surface area contributed by atoms with E-state index in [1.54, 1.807) is 152 Å². The van der Waals surface area contributed by atoms with E-state index in [9.17, 15) is 92.6 Å². The Morgan fingerprint density at radius 1 is 0.327 bits per heavy atom. The maximum absolute atomic E-state index is 13.3. The average molecular weight is 1550 g/mol. The molecule has 0 radical (unpaired) electrons. The van der Waals surface area contributed by atoms with Crippen LogP contribution in [0.3, 0.4) is 0 Å². The lowest BCUT2D eigenvalue weighted by Gasteiger charge is -2.16. The van der Waals surface area contributed by atoms with Gasteiger partial charge in [0.25, 0.3) is 0 Å². The van der Waals surface area contributed by atoms with Gasteiger partial charge in [-0.3, -0.25) is 4.79 Å². The van der Waals surface area contributed by atoms with Gasteiger partial charge in [-0.2, -0.15) is 84.3 Å². The van der Waals surface area contributed by atoms with Crippen LogP contribution in [0.25, 0.3) is 55.6 Å². The van der Waals surface area contributed by atoms with Crippen LogP contribution in [0.2, 0.25) is 0 Å². The standard InChI is InChI=1S/C14H10BrF3.C14H8F3N.C14H11F3O.C14H9F3O.C13H8F4.C7H3BrF4/c15-9-11-7-4-8-12(13(11)14(16,17)18)10-5-2-1-3-6-10;3*15-14(16,17)13-11(9-18)7-4-8-12(13)10-5-2-1-3-6-10;14-11-8-4-7-10(12(11)13(15,16)17)9-5-2-1-3-6-9;8-4-2-1-3-5(9)6(4)7(10,11)12/h1-8H,9H2;1-8H;1-8,18H,9H2;1-9H;1-8H;1-3H. The minimum absolute atomic E-state index is 0.0210. The molecule has 0 saturated heterocycles. The van der Waals surface area contributed by atoms with E-state index in [0.717, 1.165) is 18.2 Å². The summed E-state index contributed by atoms with van der Waals surface area (Å²) in [7, 11) is 0. The summed E-state index contributed by atoms with van der Waals surface area (Å²) in [5.74, 6) is -2.52. The highest BCUT2D eigenvalue weighted by atomic mass is 79.9. The number of carbonyl (C=O) groups is 1. The first kappa shape index (κ1) is 80.1. The number of alkyl halides is 19. The lowest BCUT2D eigenvalue weighted by molar-refractivity contribution is -0.141. The summed E-state index contributed by atoms with van der Waals surface area (Å²) in [6, 6.07) is 66.2. The highest BCUT2D eigenvalue weighted by Gasteiger charge is 2.41. The van der Waals surface area contributed by atoms with Crippen LogP contribution >= 0.6 is 31.9 Å². The Balaban J connectivity index is 0.000000192. The summed E-state index contributed by atoms with van der Waals surface area (Å²) in [4.78, 5) is 10.8. The van der Waals surface area contributed by atoms with Gasteiger partial charge in [0.2, 0.25) is 0 Å². The summed E-state index contributed by atoms with van der Waals surface area (Å²) >= 11 is 5.73. The predicted octanol–water partition coefficient (Wildman–Crippen LogP) is 25.7.